The zero-order valence-electron chi connectivity index (χ0n) is 29.9. The fraction of sp³-hybridized carbons (Fsp3) is 0.730. The van der Waals surface area contributed by atoms with Crippen molar-refractivity contribution in [1.82, 2.24) is 9.80 Å². The smallest absolute Gasteiger partial charge is 0.410 e. The first-order valence-electron chi connectivity index (χ1n) is 17.2. The molecule has 10 atom stereocenters. The van der Waals surface area contributed by atoms with E-state index in [1.807, 2.05) is 58.9 Å². The number of aliphatic hydroxyl groups excluding tert-OH is 2. The third-order valence-corrected chi connectivity index (χ3v) is 9.59. The van der Waals surface area contributed by atoms with Crippen LogP contribution in [0.1, 0.15) is 87.0 Å². The van der Waals surface area contributed by atoms with Crippen LogP contribution < -0.4 is 0 Å². The SMILES string of the molecule is C=C1CCC(O)CC(=O)OC(/C(C)=C/C=C/C(C)CC2OC2C(C)C(O)CC)C(C)/C=C/C1OC(=O)N(C)C(C)CCN(C)CC. The quantitative estimate of drug-likeness (QED) is 0.101. The molecule has 46 heavy (non-hydrogen) atoms. The van der Waals surface area contributed by atoms with Crippen molar-refractivity contribution in [2.75, 3.05) is 27.2 Å². The van der Waals surface area contributed by atoms with Crippen LogP contribution in [0.3, 0.4) is 0 Å². The van der Waals surface area contributed by atoms with Gasteiger partial charge in [-0.3, -0.25) is 4.79 Å². The Hall–Kier alpha value is -2.46. The van der Waals surface area contributed by atoms with E-state index in [1.165, 1.54) is 0 Å². The molecule has 0 saturated carbocycles. The van der Waals surface area contributed by atoms with E-state index in [9.17, 15) is 19.8 Å². The van der Waals surface area contributed by atoms with Gasteiger partial charge in [-0.25, -0.2) is 4.79 Å². The second kappa shape index (κ2) is 19.4. The number of carbonyl (C=O) groups excluding carboxylic acids is 2. The van der Waals surface area contributed by atoms with Crippen molar-refractivity contribution in [1.29, 1.82) is 0 Å². The number of epoxide rings is 1. The number of esters is 1. The summed E-state index contributed by atoms with van der Waals surface area (Å²) in [5, 5.41) is 20.7. The summed E-state index contributed by atoms with van der Waals surface area (Å²) in [6.45, 7) is 20.1. The Morgan fingerprint density at radius 3 is 2.57 bits per heavy atom. The van der Waals surface area contributed by atoms with Crippen LogP contribution in [-0.4, -0.2) is 102 Å². The summed E-state index contributed by atoms with van der Waals surface area (Å²) in [7, 11) is 3.80. The molecular weight excluding hydrogens is 584 g/mol. The first-order valence-corrected chi connectivity index (χ1v) is 17.2. The molecule has 9 nitrogen and oxygen atoms in total. The molecular formula is C37H62N2O7. The van der Waals surface area contributed by atoms with Crippen LogP contribution in [0.2, 0.25) is 0 Å². The Bertz CT molecular complexity index is 1070. The molecule has 1 fully saturated rings. The number of carbonyl (C=O) groups is 2. The molecule has 10 unspecified atom stereocenters. The van der Waals surface area contributed by atoms with Gasteiger partial charge in [-0.1, -0.05) is 65.5 Å². The summed E-state index contributed by atoms with van der Waals surface area (Å²) in [5.41, 5.74) is 1.52. The predicted octanol–water partition coefficient (Wildman–Crippen LogP) is 6.06. The van der Waals surface area contributed by atoms with Gasteiger partial charge in [-0.2, -0.15) is 0 Å². The van der Waals surface area contributed by atoms with E-state index in [2.05, 4.69) is 38.5 Å². The van der Waals surface area contributed by atoms with E-state index >= 15 is 0 Å². The lowest BCUT2D eigenvalue weighted by atomic mass is 9.93. The Labute approximate surface area is 278 Å². The number of nitrogens with zero attached hydrogens (tertiary/aromatic N) is 2. The molecule has 0 aromatic heterocycles. The number of cyclic esters (lactones) is 1. The normalized spacial score (nSPS) is 29.7. The topological polar surface area (TPSA) is 112 Å². The third-order valence-electron chi connectivity index (χ3n) is 9.59. The Morgan fingerprint density at radius 1 is 1.22 bits per heavy atom. The molecule has 1 amide bonds. The van der Waals surface area contributed by atoms with Gasteiger partial charge < -0.3 is 34.2 Å². The molecule has 0 aromatic rings. The van der Waals surface area contributed by atoms with Crippen molar-refractivity contribution in [3.05, 3.63) is 48.1 Å². The number of hydrogen-bond acceptors (Lipinski definition) is 8. The fourth-order valence-corrected chi connectivity index (χ4v) is 5.70. The number of amides is 1. The van der Waals surface area contributed by atoms with Crippen molar-refractivity contribution in [3.63, 3.8) is 0 Å². The average molecular weight is 647 g/mol. The van der Waals surface area contributed by atoms with E-state index in [1.54, 1.807) is 11.9 Å². The molecule has 262 valence electrons. The summed E-state index contributed by atoms with van der Waals surface area (Å²) in [5.74, 6) is -0.294. The zero-order valence-corrected chi connectivity index (χ0v) is 29.9. The Morgan fingerprint density at radius 2 is 1.91 bits per heavy atom. The molecule has 9 heteroatoms. The van der Waals surface area contributed by atoms with E-state index in [4.69, 9.17) is 14.2 Å². The minimum Gasteiger partial charge on any atom is -0.457 e. The maximum absolute atomic E-state index is 13.1. The lowest BCUT2D eigenvalue weighted by Crippen LogP contribution is -2.39. The molecule has 1 saturated heterocycles. The molecule has 2 heterocycles. The van der Waals surface area contributed by atoms with Gasteiger partial charge in [-0.15, -0.1) is 0 Å². The molecule has 0 aromatic carbocycles. The van der Waals surface area contributed by atoms with Crippen molar-refractivity contribution in [3.8, 4) is 0 Å². The summed E-state index contributed by atoms with van der Waals surface area (Å²) >= 11 is 0. The van der Waals surface area contributed by atoms with E-state index in [0.29, 0.717) is 18.4 Å². The number of ether oxygens (including phenoxy) is 3. The van der Waals surface area contributed by atoms with Crippen LogP contribution >= 0.6 is 0 Å². The van der Waals surface area contributed by atoms with Crippen molar-refractivity contribution >= 4 is 12.1 Å². The maximum atomic E-state index is 13.1. The Kier molecular flexibility index (Phi) is 16.7. The van der Waals surface area contributed by atoms with Gasteiger partial charge in [0.05, 0.1) is 30.8 Å². The van der Waals surface area contributed by atoms with Crippen LogP contribution in [0.15, 0.2) is 48.1 Å². The van der Waals surface area contributed by atoms with Gasteiger partial charge in [0.15, 0.2) is 0 Å². The van der Waals surface area contributed by atoms with Gasteiger partial charge in [0.25, 0.3) is 0 Å². The van der Waals surface area contributed by atoms with Crippen LogP contribution in [0.5, 0.6) is 0 Å². The second-order valence-corrected chi connectivity index (χ2v) is 13.6. The highest BCUT2D eigenvalue weighted by atomic mass is 16.6. The van der Waals surface area contributed by atoms with Crippen molar-refractivity contribution in [2.45, 2.75) is 130 Å². The van der Waals surface area contributed by atoms with Crippen molar-refractivity contribution in [2.24, 2.45) is 17.8 Å². The molecule has 0 aliphatic carbocycles. The summed E-state index contributed by atoms with van der Waals surface area (Å²) in [4.78, 5) is 29.8. The van der Waals surface area contributed by atoms with Gasteiger partial charge in [0.1, 0.15) is 12.2 Å². The lowest BCUT2D eigenvalue weighted by molar-refractivity contribution is -0.151. The number of aliphatic hydroxyl groups is 2. The number of hydrogen-bond donors (Lipinski definition) is 2. The van der Waals surface area contributed by atoms with E-state index < -0.39 is 30.4 Å². The lowest BCUT2D eigenvalue weighted by Gasteiger charge is -2.29. The molecule has 2 aliphatic rings. The van der Waals surface area contributed by atoms with Gasteiger partial charge in [0, 0.05) is 24.9 Å². The molecule has 2 rings (SSSR count). The van der Waals surface area contributed by atoms with Crippen LogP contribution in [0.25, 0.3) is 0 Å². The molecule has 2 aliphatic heterocycles. The van der Waals surface area contributed by atoms with Gasteiger partial charge in [-0.05, 0) is 89.2 Å². The van der Waals surface area contributed by atoms with Crippen molar-refractivity contribution < 1.29 is 34.0 Å². The first-order chi connectivity index (χ1) is 21.7. The third kappa shape index (κ3) is 13.0. The monoisotopic (exact) mass is 646 g/mol. The standard InChI is InChI=1S/C37H62N2O7/c1-11-31(41)29(8)36-33(44-36)22-24(3)14-13-15-26(5)35-27(6)17-19-32(25(4)16-18-30(40)23-34(42)46-35)45-37(43)39(10)28(7)20-21-38(9)12-2/h13-15,17,19,24,27-33,35-36,40-41H,4,11-12,16,18,20-23H2,1-3,5-10H3/b14-13+,19-17+,26-15+. The largest absolute Gasteiger partial charge is 0.457 e. The number of allylic oxidation sites excluding steroid dienone is 3. The number of rotatable bonds is 14. The zero-order chi connectivity index (χ0) is 34.6. The van der Waals surface area contributed by atoms with Crippen LogP contribution in [0, 0.1) is 17.8 Å². The summed E-state index contributed by atoms with van der Waals surface area (Å²) in [6, 6.07) is -0.00571. The maximum Gasteiger partial charge on any atom is 0.410 e. The summed E-state index contributed by atoms with van der Waals surface area (Å²) < 4.78 is 17.7. The highest BCUT2D eigenvalue weighted by Crippen LogP contribution is 2.36. The average Bonchev–Trinajstić information content (AvgIpc) is 3.79. The first kappa shape index (κ1) is 39.7. The van der Waals surface area contributed by atoms with Gasteiger partial charge in [0.2, 0.25) is 0 Å². The predicted molar refractivity (Wildman–Crippen MR) is 183 cm³/mol. The van der Waals surface area contributed by atoms with Crippen LogP contribution in [-0.2, 0) is 19.0 Å². The Balaban J connectivity index is 2.13. The molecule has 0 spiro atoms. The summed E-state index contributed by atoms with van der Waals surface area (Å²) in [6.07, 6.45) is 10.2. The minimum atomic E-state index is -0.891. The van der Waals surface area contributed by atoms with E-state index in [0.717, 1.165) is 37.9 Å². The molecule has 2 N–H and O–H groups in total. The van der Waals surface area contributed by atoms with Crippen LogP contribution in [0.4, 0.5) is 4.79 Å². The second-order valence-electron chi connectivity index (χ2n) is 13.6. The highest BCUT2D eigenvalue weighted by molar-refractivity contribution is 5.70. The fourth-order valence-electron chi connectivity index (χ4n) is 5.70. The molecule has 0 bridgehead atoms. The molecule has 0 radical (unpaired) electrons. The van der Waals surface area contributed by atoms with Gasteiger partial charge >= 0.3 is 12.1 Å². The highest BCUT2D eigenvalue weighted by Gasteiger charge is 2.44. The minimum absolute atomic E-state index is 0.00571. The van der Waals surface area contributed by atoms with E-state index in [-0.39, 0.29) is 48.5 Å².